The SMILES string of the molecule is CC(NC(=O)C(CC(N)=O)NC(=O)C(N)CCCN=C(N)N)C(=O)NC(CCCN=C(N)N)C(=O)O. The van der Waals surface area contributed by atoms with E-state index in [4.69, 9.17) is 34.4 Å². The third-order valence-corrected chi connectivity index (χ3v) is 4.65. The highest BCUT2D eigenvalue weighted by atomic mass is 16.4. The van der Waals surface area contributed by atoms with E-state index in [0.717, 1.165) is 0 Å². The normalized spacial score (nSPS) is 13.7. The van der Waals surface area contributed by atoms with Gasteiger partial charge in [-0.25, -0.2) is 4.79 Å². The average molecular weight is 516 g/mol. The van der Waals surface area contributed by atoms with Crippen LogP contribution < -0.4 is 50.4 Å². The number of aliphatic imine (C=N–C) groups is 2. The van der Waals surface area contributed by atoms with Crippen molar-refractivity contribution >= 4 is 41.5 Å². The molecule has 0 aliphatic carbocycles. The summed E-state index contributed by atoms with van der Waals surface area (Å²) in [4.78, 5) is 67.7. The van der Waals surface area contributed by atoms with E-state index in [2.05, 4.69) is 25.9 Å². The van der Waals surface area contributed by atoms with Gasteiger partial charge in [-0.3, -0.25) is 29.2 Å². The Morgan fingerprint density at radius 2 is 1.25 bits per heavy atom. The van der Waals surface area contributed by atoms with Gasteiger partial charge in [0.05, 0.1) is 12.5 Å². The van der Waals surface area contributed by atoms with Crippen LogP contribution in [0.2, 0.25) is 0 Å². The maximum absolute atomic E-state index is 12.6. The minimum absolute atomic E-state index is 0.0277. The number of carboxylic acid groups (broad SMARTS) is 1. The number of hydrogen-bond donors (Lipinski definition) is 10. The summed E-state index contributed by atoms with van der Waals surface area (Å²) < 4.78 is 0. The lowest BCUT2D eigenvalue weighted by Gasteiger charge is -2.23. The molecule has 0 radical (unpaired) electrons. The van der Waals surface area contributed by atoms with Gasteiger partial charge in [0.15, 0.2) is 11.9 Å². The highest BCUT2D eigenvalue weighted by Gasteiger charge is 2.29. The predicted molar refractivity (Wildman–Crippen MR) is 131 cm³/mol. The van der Waals surface area contributed by atoms with Crippen LogP contribution in [0.25, 0.3) is 0 Å². The van der Waals surface area contributed by atoms with E-state index in [0.29, 0.717) is 6.42 Å². The van der Waals surface area contributed by atoms with E-state index in [1.165, 1.54) is 6.92 Å². The molecule has 204 valence electrons. The van der Waals surface area contributed by atoms with E-state index < -0.39 is 60.2 Å². The number of primary amides is 1. The Morgan fingerprint density at radius 1 is 0.750 bits per heavy atom. The number of hydrogen-bond acceptors (Lipinski definition) is 8. The fourth-order valence-electron chi connectivity index (χ4n) is 2.78. The number of nitrogens with two attached hydrogens (primary N) is 6. The Kier molecular flexibility index (Phi) is 14.6. The van der Waals surface area contributed by atoms with Gasteiger partial charge >= 0.3 is 5.97 Å². The second-order valence-electron chi connectivity index (χ2n) is 7.87. The number of nitrogens with zero attached hydrogens (tertiary/aromatic N) is 2. The molecule has 0 aromatic rings. The van der Waals surface area contributed by atoms with Gasteiger partial charge in [-0.15, -0.1) is 0 Å². The smallest absolute Gasteiger partial charge is 0.326 e. The van der Waals surface area contributed by atoms with Crippen LogP contribution in [0.1, 0.15) is 39.0 Å². The van der Waals surface area contributed by atoms with Crippen LogP contribution in [0.3, 0.4) is 0 Å². The van der Waals surface area contributed by atoms with Crippen LogP contribution in [0.4, 0.5) is 0 Å². The molecule has 4 atom stereocenters. The first kappa shape index (κ1) is 31.8. The van der Waals surface area contributed by atoms with E-state index in [1.807, 2.05) is 0 Å². The number of carboxylic acids is 1. The van der Waals surface area contributed by atoms with Gasteiger partial charge in [-0.2, -0.15) is 0 Å². The van der Waals surface area contributed by atoms with Crippen LogP contribution in [-0.2, 0) is 24.0 Å². The van der Waals surface area contributed by atoms with Crippen LogP contribution in [0, 0.1) is 0 Å². The lowest BCUT2D eigenvalue weighted by Crippen LogP contribution is -2.57. The third-order valence-electron chi connectivity index (χ3n) is 4.65. The van der Waals surface area contributed by atoms with Crippen LogP contribution >= 0.6 is 0 Å². The lowest BCUT2D eigenvalue weighted by molar-refractivity contribution is -0.142. The Balaban J connectivity index is 5.00. The van der Waals surface area contributed by atoms with Crippen molar-refractivity contribution in [2.75, 3.05) is 13.1 Å². The molecule has 4 amide bonds. The van der Waals surface area contributed by atoms with E-state index in [1.54, 1.807) is 0 Å². The molecule has 0 saturated heterocycles. The number of carbonyl (C=O) groups excluding carboxylic acids is 4. The average Bonchev–Trinajstić information content (AvgIpc) is 2.76. The summed E-state index contributed by atoms with van der Waals surface area (Å²) >= 11 is 0. The summed E-state index contributed by atoms with van der Waals surface area (Å²) in [5.74, 6) is -4.86. The van der Waals surface area contributed by atoms with Crippen LogP contribution in [0.15, 0.2) is 9.98 Å². The molecule has 0 aromatic heterocycles. The molecule has 0 bridgehead atoms. The van der Waals surface area contributed by atoms with E-state index in [9.17, 15) is 29.1 Å². The zero-order valence-electron chi connectivity index (χ0n) is 20.1. The van der Waals surface area contributed by atoms with Gasteiger partial charge in [-0.05, 0) is 32.6 Å². The van der Waals surface area contributed by atoms with Crippen molar-refractivity contribution < 1.29 is 29.1 Å². The summed E-state index contributed by atoms with van der Waals surface area (Å²) in [7, 11) is 0. The Morgan fingerprint density at radius 3 is 1.72 bits per heavy atom. The molecule has 16 N–H and O–H groups in total. The molecule has 36 heavy (non-hydrogen) atoms. The monoisotopic (exact) mass is 515 g/mol. The number of rotatable bonds is 17. The molecule has 17 heteroatoms. The molecule has 17 nitrogen and oxygen atoms in total. The zero-order chi connectivity index (χ0) is 27.8. The Bertz CT molecular complexity index is 840. The van der Waals surface area contributed by atoms with E-state index in [-0.39, 0.29) is 44.3 Å². The molecule has 0 rings (SSSR count). The summed E-state index contributed by atoms with van der Waals surface area (Å²) in [6.45, 7) is 1.70. The van der Waals surface area contributed by atoms with Gasteiger partial charge in [0.1, 0.15) is 18.1 Å². The van der Waals surface area contributed by atoms with Gasteiger partial charge < -0.3 is 55.5 Å². The molecular weight excluding hydrogens is 478 g/mol. The number of aliphatic carboxylic acids is 1. The summed E-state index contributed by atoms with van der Waals surface area (Å²) in [6.07, 6.45) is 0.309. The Hall–Kier alpha value is -4.15. The second-order valence-corrected chi connectivity index (χ2v) is 7.87. The molecule has 0 fully saturated rings. The minimum Gasteiger partial charge on any atom is -0.480 e. The molecule has 0 saturated carbocycles. The maximum Gasteiger partial charge on any atom is 0.326 e. The molecule has 0 heterocycles. The van der Waals surface area contributed by atoms with Crippen molar-refractivity contribution in [1.29, 1.82) is 0 Å². The number of carbonyl (C=O) groups is 5. The summed E-state index contributed by atoms with van der Waals surface area (Å²) in [6, 6.07) is -4.91. The van der Waals surface area contributed by atoms with Gasteiger partial charge in [0.25, 0.3) is 0 Å². The van der Waals surface area contributed by atoms with Crippen molar-refractivity contribution in [3.8, 4) is 0 Å². The second kappa shape index (κ2) is 16.5. The van der Waals surface area contributed by atoms with Gasteiger partial charge in [0.2, 0.25) is 23.6 Å². The molecule has 4 unspecified atom stereocenters. The predicted octanol–water partition coefficient (Wildman–Crippen LogP) is -5.14. The molecule has 0 aromatic carbocycles. The Labute approximate surface area is 207 Å². The van der Waals surface area contributed by atoms with E-state index >= 15 is 0 Å². The van der Waals surface area contributed by atoms with Crippen molar-refractivity contribution in [1.82, 2.24) is 16.0 Å². The molecular formula is C19H37N11O6. The first-order chi connectivity index (χ1) is 16.7. The third kappa shape index (κ3) is 14.2. The first-order valence-electron chi connectivity index (χ1n) is 11.0. The summed E-state index contributed by atoms with van der Waals surface area (Å²) in [5.41, 5.74) is 31.8. The lowest BCUT2D eigenvalue weighted by atomic mass is 10.1. The highest BCUT2D eigenvalue weighted by molar-refractivity contribution is 5.96. The summed E-state index contributed by atoms with van der Waals surface area (Å²) in [5, 5.41) is 16.2. The molecule has 0 aliphatic heterocycles. The zero-order valence-corrected chi connectivity index (χ0v) is 20.1. The van der Waals surface area contributed by atoms with Crippen molar-refractivity contribution in [2.24, 2.45) is 44.4 Å². The van der Waals surface area contributed by atoms with Crippen LogP contribution in [0.5, 0.6) is 0 Å². The highest BCUT2D eigenvalue weighted by Crippen LogP contribution is 2.02. The maximum atomic E-state index is 12.6. The van der Waals surface area contributed by atoms with Crippen LogP contribution in [-0.4, -0.2) is 83.9 Å². The standard InChI is InChI=1S/C19H37N11O6/c1-9(14(32)29-11(17(35)36)5-3-7-27-19(24)25)28-16(34)12(8-13(21)31)30-15(33)10(20)4-2-6-26-18(22)23/h9-12H,2-8,20H2,1H3,(H2,21,31)(H,28,34)(H,29,32)(H,30,33)(H,35,36)(H4,22,23,26)(H4,24,25,27). The molecule has 0 spiro atoms. The van der Waals surface area contributed by atoms with Crippen molar-refractivity contribution in [2.45, 2.75) is 63.2 Å². The van der Waals surface area contributed by atoms with Crippen molar-refractivity contribution in [3.05, 3.63) is 0 Å². The number of guanidine groups is 2. The first-order valence-corrected chi connectivity index (χ1v) is 11.0. The minimum atomic E-state index is -1.41. The topological polar surface area (TPSA) is 323 Å². The fraction of sp³-hybridized carbons (Fsp3) is 0.632. The molecule has 0 aliphatic rings. The van der Waals surface area contributed by atoms with Crippen molar-refractivity contribution in [3.63, 3.8) is 0 Å². The van der Waals surface area contributed by atoms with Gasteiger partial charge in [-0.1, -0.05) is 0 Å². The fourth-order valence-corrected chi connectivity index (χ4v) is 2.78. The number of amides is 4. The van der Waals surface area contributed by atoms with Gasteiger partial charge in [0, 0.05) is 13.1 Å². The number of nitrogens with one attached hydrogen (secondary N) is 3. The quantitative estimate of drug-likeness (QED) is 0.0495. The largest absolute Gasteiger partial charge is 0.480 e.